The van der Waals surface area contributed by atoms with Crippen molar-refractivity contribution in [3.05, 3.63) is 58.1 Å². The summed E-state index contributed by atoms with van der Waals surface area (Å²) in [4.78, 5) is 12.5. The van der Waals surface area contributed by atoms with Crippen LogP contribution < -0.4 is 14.4 Å². The van der Waals surface area contributed by atoms with Gasteiger partial charge in [-0.3, -0.25) is 9.10 Å². The summed E-state index contributed by atoms with van der Waals surface area (Å²) >= 11 is 13.7. The van der Waals surface area contributed by atoms with Crippen LogP contribution in [0.4, 0.5) is 5.69 Å². The number of fused-ring (bicyclic) bond motifs is 1. The summed E-state index contributed by atoms with van der Waals surface area (Å²) in [5, 5.41) is 3.91. The van der Waals surface area contributed by atoms with Crippen molar-refractivity contribution in [2.45, 2.75) is 11.9 Å². The van der Waals surface area contributed by atoms with E-state index in [-0.39, 0.29) is 12.5 Å². The standard InChI is InChI=1S/C19H20Cl2N2O4S2/c1-29(25,26)23-11-18(27-17-7-6-14(20)10-16(17)23)19(24)22-8-9-28-12-13-4-2-3-5-15(13)21/h2-7,10,18H,8-9,11-12H2,1H3,(H,22,24)/t18-/m0/s1. The molecule has 1 aliphatic rings. The fourth-order valence-corrected chi connectivity index (χ4v) is 5.05. The largest absolute Gasteiger partial charge is 0.476 e. The number of carbonyl (C=O) groups excluding carboxylic acids is 1. The number of benzene rings is 2. The quantitative estimate of drug-likeness (QED) is 0.620. The highest BCUT2D eigenvalue weighted by molar-refractivity contribution is 7.98. The lowest BCUT2D eigenvalue weighted by Crippen LogP contribution is -2.50. The summed E-state index contributed by atoms with van der Waals surface area (Å²) in [7, 11) is -3.59. The second-order valence-electron chi connectivity index (χ2n) is 6.45. The van der Waals surface area contributed by atoms with E-state index in [4.69, 9.17) is 27.9 Å². The lowest BCUT2D eigenvalue weighted by Gasteiger charge is -2.34. The first-order valence-electron chi connectivity index (χ1n) is 8.78. The van der Waals surface area contributed by atoms with Gasteiger partial charge in [0.05, 0.1) is 18.5 Å². The topological polar surface area (TPSA) is 75.7 Å². The summed E-state index contributed by atoms with van der Waals surface area (Å²) in [6, 6.07) is 12.3. The van der Waals surface area contributed by atoms with Gasteiger partial charge in [-0.05, 0) is 29.8 Å². The first-order chi connectivity index (χ1) is 13.8. The van der Waals surface area contributed by atoms with Crippen molar-refractivity contribution < 1.29 is 17.9 Å². The maximum atomic E-state index is 12.5. The maximum absolute atomic E-state index is 12.5. The Morgan fingerprint density at radius 3 is 2.76 bits per heavy atom. The Hall–Kier alpha value is -1.61. The highest BCUT2D eigenvalue weighted by atomic mass is 35.5. The van der Waals surface area contributed by atoms with Crippen molar-refractivity contribution in [3.8, 4) is 5.75 Å². The van der Waals surface area contributed by atoms with Gasteiger partial charge < -0.3 is 10.1 Å². The lowest BCUT2D eigenvalue weighted by atomic mass is 10.2. The molecule has 0 unspecified atom stereocenters. The molecule has 3 rings (SSSR count). The molecule has 156 valence electrons. The molecule has 0 spiro atoms. The minimum Gasteiger partial charge on any atom is -0.476 e. The Labute approximate surface area is 184 Å². The molecule has 0 aliphatic carbocycles. The Bertz CT molecular complexity index is 1000. The average Bonchev–Trinajstić information content (AvgIpc) is 2.67. The van der Waals surface area contributed by atoms with Gasteiger partial charge in [0.15, 0.2) is 6.10 Å². The van der Waals surface area contributed by atoms with Crippen LogP contribution in [0.5, 0.6) is 5.75 Å². The first-order valence-corrected chi connectivity index (χ1v) is 12.5. The molecule has 2 aromatic carbocycles. The van der Waals surface area contributed by atoms with Gasteiger partial charge in [0, 0.05) is 28.1 Å². The van der Waals surface area contributed by atoms with E-state index in [0.29, 0.717) is 28.8 Å². The van der Waals surface area contributed by atoms with Gasteiger partial charge in [0.25, 0.3) is 5.91 Å². The van der Waals surface area contributed by atoms with Crippen LogP contribution in [0.2, 0.25) is 10.0 Å². The molecule has 2 aromatic rings. The van der Waals surface area contributed by atoms with Crippen LogP contribution in [-0.4, -0.2) is 45.5 Å². The first kappa shape index (κ1) is 22.1. The number of nitrogens with one attached hydrogen (secondary N) is 1. The lowest BCUT2D eigenvalue weighted by molar-refractivity contribution is -0.127. The molecule has 0 fully saturated rings. The van der Waals surface area contributed by atoms with E-state index in [1.165, 1.54) is 6.07 Å². The zero-order valence-corrected chi connectivity index (χ0v) is 18.7. The Morgan fingerprint density at radius 1 is 1.28 bits per heavy atom. The van der Waals surface area contributed by atoms with Crippen LogP contribution in [0.15, 0.2) is 42.5 Å². The Morgan fingerprint density at radius 2 is 2.03 bits per heavy atom. The fourth-order valence-electron chi connectivity index (χ4n) is 2.83. The van der Waals surface area contributed by atoms with Crippen LogP contribution in [-0.2, 0) is 20.6 Å². The van der Waals surface area contributed by atoms with Crippen molar-refractivity contribution in [3.63, 3.8) is 0 Å². The second-order valence-corrected chi connectivity index (χ2v) is 10.3. The molecule has 1 atom stereocenters. The van der Waals surface area contributed by atoms with Gasteiger partial charge >= 0.3 is 0 Å². The normalized spacial score (nSPS) is 16.1. The number of halogens is 2. The van der Waals surface area contributed by atoms with Gasteiger partial charge in [-0.2, -0.15) is 11.8 Å². The summed E-state index contributed by atoms with van der Waals surface area (Å²) < 4.78 is 31.2. The number of nitrogens with zero attached hydrogens (tertiary/aromatic N) is 1. The zero-order valence-electron chi connectivity index (χ0n) is 15.6. The smallest absolute Gasteiger partial charge is 0.263 e. The molecule has 0 saturated heterocycles. The highest BCUT2D eigenvalue weighted by Gasteiger charge is 2.35. The van der Waals surface area contributed by atoms with Crippen molar-refractivity contribution in [1.29, 1.82) is 0 Å². The van der Waals surface area contributed by atoms with Crippen LogP contribution in [0, 0.1) is 0 Å². The van der Waals surface area contributed by atoms with E-state index in [2.05, 4.69) is 5.32 Å². The molecular formula is C19H20Cl2N2O4S2. The molecule has 6 nitrogen and oxygen atoms in total. The van der Waals surface area contributed by atoms with Gasteiger partial charge in [-0.15, -0.1) is 0 Å². The molecule has 1 heterocycles. The van der Waals surface area contributed by atoms with Gasteiger partial charge in [0.2, 0.25) is 10.0 Å². The number of hydrogen-bond acceptors (Lipinski definition) is 5. The number of thioether (sulfide) groups is 1. The third-order valence-corrected chi connectivity index (χ3v) is 7.00. The third-order valence-electron chi connectivity index (χ3n) is 4.24. The van der Waals surface area contributed by atoms with Crippen molar-refractivity contribution >= 4 is 56.6 Å². The molecule has 0 bridgehead atoms. The summed E-state index contributed by atoms with van der Waals surface area (Å²) in [5.74, 6) is 1.37. The number of carbonyl (C=O) groups is 1. The molecule has 0 radical (unpaired) electrons. The fraction of sp³-hybridized carbons (Fsp3) is 0.316. The van der Waals surface area contributed by atoms with E-state index in [1.54, 1.807) is 23.9 Å². The van der Waals surface area contributed by atoms with Gasteiger partial charge in [-0.1, -0.05) is 41.4 Å². The number of amides is 1. The monoisotopic (exact) mass is 474 g/mol. The number of rotatable bonds is 7. The molecular weight excluding hydrogens is 455 g/mol. The van der Waals surface area contributed by atoms with Crippen LogP contribution in [0.3, 0.4) is 0 Å². The second kappa shape index (κ2) is 9.47. The molecule has 1 N–H and O–H groups in total. The molecule has 1 amide bonds. The van der Waals surface area contributed by atoms with Gasteiger partial charge in [0.1, 0.15) is 5.75 Å². The van der Waals surface area contributed by atoms with Crippen molar-refractivity contribution in [2.75, 3.05) is 29.4 Å². The zero-order chi connectivity index (χ0) is 21.0. The Kier molecular flexibility index (Phi) is 7.21. The summed E-state index contributed by atoms with van der Waals surface area (Å²) in [6.45, 7) is 0.324. The Balaban J connectivity index is 1.56. The van der Waals surface area contributed by atoms with Gasteiger partial charge in [-0.25, -0.2) is 8.42 Å². The van der Waals surface area contributed by atoms with E-state index in [9.17, 15) is 13.2 Å². The molecule has 0 saturated carbocycles. The van der Waals surface area contributed by atoms with E-state index < -0.39 is 16.1 Å². The minimum atomic E-state index is -3.59. The SMILES string of the molecule is CS(=O)(=O)N1C[C@@H](C(=O)NCCSCc2ccccc2Cl)Oc2ccc(Cl)cc21. The van der Waals surface area contributed by atoms with Crippen LogP contribution in [0.25, 0.3) is 0 Å². The van der Waals surface area contributed by atoms with E-state index in [1.807, 2.05) is 24.3 Å². The van der Waals surface area contributed by atoms with Crippen LogP contribution in [0.1, 0.15) is 5.56 Å². The molecule has 29 heavy (non-hydrogen) atoms. The molecule has 1 aliphatic heterocycles. The minimum absolute atomic E-state index is 0.106. The number of sulfonamides is 1. The predicted molar refractivity (Wildman–Crippen MR) is 119 cm³/mol. The van der Waals surface area contributed by atoms with E-state index in [0.717, 1.165) is 26.9 Å². The average molecular weight is 475 g/mol. The van der Waals surface area contributed by atoms with Crippen LogP contribution >= 0.6 is 35.0 Å². The maximum Gasteiger partial charge on any atom is 0.263 e. The number of anilines is 1. The summed E-state index contributed by atoms with van der Waals surface area (Å²) in [6.07, 6.45) is 0.149. The highest BCUT2D eigenvalue weighted by Crippen LogP contribution is 2.37. The van der Waals surface area contributed by atoms with Crippen molar-refractivity contribution in [1.82, 2.24) is 5.32 Å². The number of ether oxygens (including phenoxy) is 1. The predicted octanol–water partition coefficient (Wildman–Crippen LogP) is 3.57. The molecule has 0 aromatic heterocycles. The van der Waals surface area contributed by atoms with Crippen molar-refractivity contribution in [2.24, 2.45) is 0 Å². The molecule has 10 heteroatoms. The third kappa shape index (κ3) is 5.72. The number of hydrogen-bond donors (Lipinski definition) is 1. The van der Waals surface area contributed by atoms with E-state index >= 15 is 0 Å². The summed E-state index contributed by atoms with van der Waals surface area (Å²) in [5.41, 5.74) is 1.37.